The molecule has 3 rings (SSSR count). The third-order valence-electron chi connectivity index (χ3n) is 3.41. The van der Waals surface area contributed by atoms with Crippen molar-refractivity contribution in [1.82, 2.24) is 4.57 Å². The quantitative estimate of drug-likeness (QED) is 0.767. The van der Waals surface area contributed by atoms with Crippen LogP contribution >= 0.6 is 0 Å². The molecule has 1 aliphatic rings. The van der Waals surface area contributed by atoms with Crippen molar-refractivity contribution < 1.29 is 4.74 Å². The summed E-state index contributed by atoms with van der Waals surface area (Å²) in [5.41, 5.74) is 2.75. The van der Waals surface area contributed by atoms with Crippen molar-refractivity contribution in [2.45, 2.75) is 33.2 Å². The van der Waals surface area contributed by atoms with Crippen LogP contribution in [0, 0.1) is 5.92 Å². The van der Waals surface area contributed by atoms with Crippen LogP contribution in [0.2, 0.25) is 0 Å². The van der Waals surface area contributed by atoms with Gasteiger partial charge in [0, 0.05) is 29.2 Å². The van der Waals surface area contributed by atoms with Crippen molar-refractivity contribution in [2.24, 2.45) is 5.92 Å². The van der Waals surface area contributed by atoms with Gasteiger partial charge in [0.1, 0.15) is 5.75 Å². The van der Waals surface area contributed by atoms with E-state index in [4.69, 9.17) is 4.74 Å². The molecule has 0 spiro atoms. The van der Waals surface area contributed by atoms with E-state index >= 15 is 0 Å². The molecule has 0 fully saturated rings. The molecule has 0 unspecified atom stereocenters. The molecule has 1 aromatic carbocycles. The standard InChI is InChI=1S/C15H19NO/c1-11(2)10-16-8-7-12-13-4-3-9-17-15(13)6-5-14(12)16/h5-8,11H,3-4,9-10H2,1-2H3. The summed E-state index contributed by atoms with van der Waals surface area (Å²) in [6, 6.07) is 6.57. The lowest BCUT2D eigenvalue weighted by Gasteiger charge is -2.18. The maximum atomic E-state index is 5.71. The summed E-state index contributed by atoms with van der Waals surface area (Å²) in [7, 11) is 0. The predicted molar refractivity (Wildman–Crippen MR) is 70.6 cm³/mol. The zero-order valence-corrected chi connectivity index (χ0v) is 10.6. The van der Waals surface area contributed by atoms with Crippen molar-refractivity contribution in [1.29, 1.82) is 0 Å². The van der Waals surface area contributed by atoms with E-state index < -0.39 is 0 Å². The van der Waals surface area contributed by atoms with Gasteiger partial charge in [0.2, 0.25) is 0 Å². The van der Waals surface area contributed by atoms with Crippen molar-refractivity contribution in [3.63, 3.8) is 0 Å². The monoisotopic (exact) mass is 229 g/mol. The second-order valence-corrected chi connectivity index (χ2v) is 5.29. The van der Waals surface area contributed by atoms with Gasteiger partial charge >= 0.3 is 0 Å². The highest BCUT2D eigenvalue weighted by atomic mass is 16.5. The molecule has 0 radical (unpaired) electrons. The maximum absolute atomic E-state index is 5.71. The Morgan fingerprint density at radius 2 is 2.18 bits per heavy atom. The van der Waals surface area contributed by atoms with Gasteiger partial charge in [-0.15, -0.1) is 0 Å². The van der Waals surface area contributed by atoms with Crippen molar-refractivity contribution in [3.05, 3.63) is 30.0 Å². The number of hydrogen-bond acceptors (Lipinski definition) is 1. The third kappa shape index (κ3) is 1.82. The van der Waals surface area contributed by atoms with Gasteiger partial charge in [-0.3, -0.25) is 0 Å². The third-order valence-corrected chi connectivity index (χ3v) is 3.41. The molecule has 0 amide bonds. The Balaban J connectivity index is 2.12. The molecule has 0 atom stereocenters. The fourth-order valence-electron chi connectivity index (χ4n) is 2.69. The predicted octanol–water partition coefficient (Wildman–Crippen LogP) is 3.62. The molecule has 0 bridgehead atoms. The molecule has 2 aromatic rings. The first-order chi connectivity index (χ1) is 8.25. The number of nitrogens with zero attached hydrogens (tertiary/aromatic N) is 1. The highest BCUT2D eigenvalue weighted by Crippen LogP contribution is 2.32. The van der Waals surface area contributed by atoms with E-state index in [1.165, 1.54) is 16.5 Å². The van der Waals surface area contributed by atoms with Crippen LogP contribution in [0.4, 0.5) is 0 Å². The Morgan fingerprint density at radius 3 is 3.00 bits per heavy atom. The van der Waals surface area contributed by atoms with E-state index in [0.717, 1.165) is 31.7 Å². The van der Waals surface area contributed by atoms with Crippen LogP contribution in [-0.2, 0) is 13.0 Å². The first-order valence-electron chi connectivity index (χ1n) is 6.49. The lowest BCUT2D eigenvalue weighted by atomic mass is 10.0. The Bertz CT molecular complexity index is 539. The normalized spacial score (nSPS) is 15.0. The number of ether oxygens (including phenoxy) is 1. The van der Waals surface area contributed by atoms with Crippen LogP contribution in [0.1, 0.15) is 25.8 Å². The summed E-state index contributed by atoms with van der Waals surface area (Å²) in [6.45, 7) is 6.47. The van der Waals surface area contributed by atoms with Crippen molar-refractivity contribution in [3.8, 4) is 5.75 Å². The molecule has 1 aliphatic heterocycles. The average molecular weight is 229 g/mol. The number of aryl methyl sites for hydroxylation is 1. The van der Waals surface area contributed by atoms with Crippen LogP contribution in [0.25, 0.3) is 10.9 Å². The summed E-state index contributed by atoms with van der Waals surface area (Å²) in [6.07, 6.45) is 4.50. The Labute approximate surface area is 102 Å². The molecule has 0 saturated heterocycles. The number of aromatic nitrogens is 1. The summed E-state index contributed by atoms with van der Waals surface area (Å²) in [4.78, 5) is 0. The molecule has 0 saturated carbocycles. The fraction of sp³-hybridized carbons (Fsp3) is 0.467. The largest absolute Gasteiger partial charge is 0.493 e. The van der Waals surface area contributed by atoms with Gasteiger partial charge in [-0.1, -0.05) is 13.8 Å². The summed E-state index contributed by atoms with van der Waals surface area (Å²) in [5, 5.41) is 1.38. The highest BCUT2D eigenvalue weighted by molar-refractivity contribution is 5.86. The molecular weight excluding hydrogens is 210 g/mol. The van der Waals surface area contributed by atoms with E-state index in [9.17, 15) is 0 Å². The number of rotatable bonds is 2. The topological polar surface area (TPSA) is 14.2 Å². The number of benzene rings is 1. The van der Waals surface area contributed by atoms with Gasteiger partial charge in [-0.25, -0.2) is 0 Å². The lowest BCUT2D eigenvalue weighted by Crippen LogP contribution is -2.09. The van der Waals surface area contributed by atoms with Gasteiger partial charge < -0.3 is 9.30 Å². The Kier molecular flexibility index (Phi) is 2.58. The van der Waals surface area contributed by atoms with Gasteiger partial charge in [0.25, 0.3) is 0 Å². The van der Waals surface area contributed by atoms with Crippen molar-refractivity contribution >= 4 is 10.9 Å². The minimum absolute atomic E-state index is 0.679. The molecule has 90 valence electrons. The lowest BCUT2D eigenvalue weighted by molar-refractivity contribution is 0.289. The minimum atomic E-state index is 0.679. The van der Waals surface area contributed by atoms with Crippen LogP contribution in [0.15, 0.2) is 24.4 Å². The average Bonchev–Trinajstić information content (AvgIpc) is 2.72. The number of hydrogen-bond donors (Lipinski definition) is 0. The van der Waals surface area contributed by atoms with Gasteiger partial charge in [-0.05, 0) is 37.0 Å². The molecule has 0 N–H and O–H groups in total. The zero-order chi connectivity index (χ0) is 11.8. The smallest absolute Gasteiger partial charge is 0.123 e. The fourth-order valence-corrected chi connectivity index (χ4v) is 2.69. The first-order valence-corrected chi connectivity index (χ1v) is 6.49. The minimum Gasteiger partial charge on any atom is -0.493 e. The zero-order valence-electron chi connectivity index (χ0n) is 10.6. The molecule has 2 heteroatoms. The van der Waals surface area contributed by atoms with Gasteiger partial charge in [0.05, 0.1) is 6.61 Å². The van der Waals surface area contributed by atoms with E-state index in [1.807, 2.05) is 0 Å². The van der Waals surface area contributed by atoms with Gasteiger partial charge in [-0.2, -0.15) is 0 Å². The molecular formula is C15H19NO. The second kappa shape index (κ2) is 4.10. The SMILES string of the molecule is CC(C)Cn1ccc2c3c(ccc21)OCCC3. The second-order valence-electron chi connectivity index (χ2n) is 5.29. The number of fused-ring (bicyclic) bond motifs is 3. The molecule has 17 heavy (non-hydrogen) atoms. The van der Waals surface area contributed by atoms with Crippen LogP contribution in [-0.4, -0.2) is 11.2 Å². The van der Waals surface area contributed by atoms with Crippen LogP contribution < -0.4 is 4.74 Å². The first kappa shape index (κ1) is 10.7. The van der Waals surface area contributed by atoms with Crippen molar-refractivity contribution in [2.75, 3.05) is 6.61 Å². The summed E-state index contributed by atoms with van der Waals surface area (Å²) >= 11 is 0. The van der Waals surface area contributed by atoms with E-state index in [1.54, 1.807) is 0 Å². The Hall–Kier alpha value is -1.44. The Morgan fingerprint density at radius 1 is 1.29 bits per heavy atom. The summed E-state index contributed by atoms with van der Waals surface area (Å²) in [5.74, 6) is 1.77. The molecule has 2 nitrogen and oxygen atoms in total. The molecule has 1 aromatic heterocycles. The van der Waals surface area contributed by atoms with Gasteiger partial charge in [0.15, 0.2) is 0 Å². The van der Waals surface area contributed by atoms with E-state index in [0.29, 0.717) is 5.92 Å². The van der Waals surface area contributed by atoms with Crippen LogP contribution in [0.5, 0.6) is 5.75 Å². The van der Waals surface area contributed by atoms with E-state index in [2.05, 4.69) is 42.8 Å². The van der Waals surface area contributed by atoms with E-state index in [-0.39, 0.29) is 0 Å². The molecule has 0 aliphatic carbocycles. The maximum Gasteiger partial charge on any atom is 0.123 e. The molecule has 2 heterocycles. The van der Waals surface area contributed by atoms with Crippen LogP contribution in [0.3, 0.4) is 0 Å². The highest BCUT2D eigenvalue weighted by Gasteiger charge is 2.15. The summed E-state index contributed by atoms with van der Waals surface area (Å²) < 4.78 is 8.07.